The standard InChI is InChI=1S/C17H22N4O2S/c1-3-10-21-13-14(20(2)16(23)19-15(13)22)18-17(21)24-11-9-12-7-5-4-6-8-12/h4-8,13-14H,3,9-11H2,1-2H3,(H,19,22,23). The molecule has 1 aromatic rings. The number of aryl methyl sites for hydroxylation is 1. The molecule has 3 amide bonds. The minimum absolute atomic E-state index is 0.251. The first-order valence-corrected chi connectivity index (χ1v) is 9.19. The van der Waals surface area contributed by atoms with E-state index in [1.807, 2.05) is 23.1 Å². The van der Waals surface area contributed by atoms with Crippen molar-refractivity contribution in [1.82, 2.24) is 15.1 Å². The number of hydrogen-bond acceptors (Lipinski definition) is 5. The summed E-state index contributed by atoms with van der Waals surface area (Å²) in [6.45, 7) is 2.84. The lowest BCUT2D eigenvalue weighted by molar-refractivity contribution is -0.127. The highest BCUT2D eigenvalue weighted by atomic mass is 32.2. The Balaban J connectivity index is 1.70. The van der Waals surface area contributed by atoms with Crippen LogP contribution < -0.4 is 5.32 Å². The smallest absolute Gasteiger partial charge is 0.325 e. The van der Waals surface area contributed by atoms with Crippen molar-refractivity contribution in [3.05, 3.63) is 35.9 Å². The molecule has 2 heterocycles. The third-order valence-electron chi connectivity index (χ3n) is 4.25. The summed E-state index contributed by atoms with van der Waals surface area (Å²) in [4.78, 5) is 32.3. The predicted octanol–water partition coefficient (Wildman–Crippen LogP) is 1.92. The Labute approximate surface area is 146 Å². The van der Waals surface area contributed by atoms with Crippen molar-refractivity contribution in [1.29, 1.82) is 0 Å². The summed E-state index contributed by atoms with van der Waals surface area (Å²) in [5.74, 6) is 0.640. The lowest BCUT2D eigenvalue weighted by atomic mass is 10.1. The second-order valence-electron chi connectivity index (χ2n) is 5.95. The van der Waals surface area contributed by atoms with Crippen LogP contribution in [0.15, 0.2) is 35.3 Å². The van der Waals surface area contributed by atoms with Crippen LogP contribution in [0.5, 0.6) is 0 Å². The summed E-state index contributed by atoms with van der Waals surface area (Å²) in [7, 11) is 1.69. The fourth-order valence-corrected chi connectivity index (χ4v) is 4.08. The van der Waals surface area contributed by atoms with Gasteiger partial charge in [0.1, 0.15) is 0 Å². The number of carbonyl (C=O) groups is 2. The lowest BCUT2D eigenvalue weighted by Gasteiger charge is -2.36. The largest absolute Gasteiger partial charge is 0.336 e. The maximum atomic E-state index is 12.3. The molecule has 0 saturated carbocycles. The van der Waals surface area contributed by atoms with Gasteiger partial charge in [-0.1, -0.05) is 49.0 Å². The third-order valence-corrected chi connectivity index (χ3v) is 5.26. The van der Waals surface area contributed by atoms with Crippen LogP contribution in [0.1, 0.15) is 18.9 Å². The Hall–Kier alpha value is -2.02. The van der Waals surface area contributed by atoms with Crippen LogP contribution in [0.25, 0.3) is 0 Å². The topological polar surface area (TPSA) is 65.0 Å². The zero-order valence-electron chi connectivity index (χ0n) is 13.9. The first-order valence-electron chi connectivity index (χ1n) is 8.20. The van der Waals surface area contributed by atoms with E-state index in [0.717, 1.165) is 30.3 Å². The highest BCUT2D eigenvalue weighted by Gasteiger charge is 2.48. The Morgan fingerprint density at radius 3 is 2.71 bits per heavy atom. The van der Waals surface area contributed by atoms with Crippen LogP contribution in [-0.2, 0) is 11.2 Å². The summed E-state index contributed by atoms with van der Waals surface area (Å²) in [6.07, 6.45) is 1.45. The van der Waals surface area contributed by atoms with Gasteiger partial charge in [-0.2, -0.15) is 0 Å². The molecule has 2 aliphatic heterocycles. The van der Waals surface area contributed by atoms with Crippen LogP contribution in [0.4, 0.5) is 4.79 Å². The molecule has 1 aromatic carbocycles. The maximum Gasteiger partial charge on any atom is 0.325 e. The van der Waals surface area contributed by atoms with Gasteiger partial charge in [0.25, 0.3) is 5.91 Å². The molecule has 1 fully saturated rings. The molecule has 1 saturated heterocycles. The number of nitrogens with zero attached hydrogens (tertiary/aromatic N) is 3. The molecule has 2 aliphatic rings. The number of carbonyl (C=O) groups excluding carboxylic acids is 2. The summed E-state index contributed by atoms with van der Waals surface area (Å²) in [5, 5.41) is 3.28. The molecule has 0 bridgehead atoms. The summed E-state index contributed by atoms with van der Waals surface area (Å²) in [6, 6.07) is 9.52. The number of amidine groups is 1. The van der Waals surface area contributed by atoms with E-state index >= 15 is 0 Å². The molecule has 6 nitrogen and oxygen atoms in total. The number of likely N-dealkylation sites (N-methyl/N-ethyl adjacent to an activating group) is 1. The van der Waals surface area contributed by atoms with Gasteiger partial charge in [0.2, 0.25) is 0 Å². The molecule has 2 unspecified atom stereocenters. The van der Waals surface area contributed by atoms with Crippen LogP contribution in [-0.4, -0.2) is 58.5 Å². The number of imide groups is 1. The number of urea groups is 1. The molecule has 128 valence electrons. The van der Waals surface area contributed by atoms with Crippen LogP contribution in [0, 0.1) is 0 Å². The van der Waals surface area contributed by atoms with Gasteiger partial charge in [0, 0.05) is 19.3 Å². The van der Waals surface area contributed by atoms with Crippen LogP contribution in [0.2, 0.25) is 0 Å². The number of rotatable bonds is 5. The van der Waals surface area contributed by atoms with E-state index in [9.17, 15) is 9.59 Å². The summed E-state index contributed by atoms with van der Waals surface area (Å²) in [5.41, 5.74) is 1.29. The van der Waals surface area contributed by atoms with E-state index in [0.29, 0.717) is 0 Å². The fraction of sp³-hybridized carbons (Fsp3) is 0.471. The first-order chi connectivity index (χ1) is 11.6. The van der Waals surface area contributed by atoms with Crippen molar-refractivity contribution >= 4 is 28.9 Å². The van der Waals surface area contributed by atoms with Gasteiger partial charge >= 0.3 is 6.03 Å². The molecule has 0 aliphatic carbocycles. The van der Waals surface area contributed by atoms with E-state index in [1.54, 1.807) is 18.8 Å². The van der Waals surface area contributed by atoms with Crippen molar-refractivity contribution in [2.24, 2.45) is 4.99 Å². The molecular weight excluding hydrogens is 324 g/mol. The molecule has 2 atom stereocenters. The van der Waals surface area contributed by atoms with Gasteiger partial charge in [-0.05, 0) is 18.4 Å². The Kier molecular flexibility index (Phi) is 5.08. The Morgan fingerprint density at radius 2 is 2.00 bits per heavy atom. The number of aliphatic imine (C=N–C) groups is 1. The zero-order valence-corrected chi connectivity index (χ0v) is 14.8. The lowest BCUT2D eigenvalue weighted by Crippen LogP contribution is -2.63. The Morgan fingerprint density at radius 1 is 1.25 bits per heavy atom. The van der Waals surface area contributed by atoms with Gasteiger partial charge in [-0.25, -0.2) is 9.79 Å². The molecule has 3 rings (SSSR count). The third kappa shape index (κ3) is 3.26. The predicted molar refractivity (Wildman–Crippen MR) is 95.9 cm³/mol. The van der Waals surface area contributed by atoms with Gasteiger partial charge in [-0.3, -0.25) is 10.1 Å². The first kappa shape index (κ1) is 16.8. The van der Waals surface area contributed by atoms with E-state index in [-0.39, 0.29) is 11.9 Å². The summed E-state index contributed by atoms with van der Waals surface area (Å²) >= 11 is 1.66. The van der Waals surface area contributed by atoms with E-state index < -0.39 is 12.2 Å². The molecule has 0 radical (unpaired) electrons. The number of benzene rings is 1. The highest BCUT2D eigenvalue weighted by molar-refractivity contribution is 8.13. The quantitative estimate of drug-likeness (QED) is 0.885. The SMILES string of the molecule is CCCN1C(SCCc2ccccc2)=NC2C1C(=O)NC(=O)N2C. The average Bonchev–Trinajstić information content (AvgIpc) is 2.93. The number of thioether (sulfide) groups is 1. The number of fused-ring (bicyclic) bond motifs is 1. The van der Waals surface area contributed by atoms with Crippen molar-refractivity contribution in [2.45, 2.75) is 32.0 Å². The molecule has 1 N–H and O–H groups in total. The number of nitrogens with one attached hydrogen (secondary N) is 1. The van der Waals surface area contributed by atoms with Gasteiger partial charge in [0.15, 0.2) is 17.4 Å². The van der Waals surface area contributed by atoms with Gasteiger partial charge in [0.05, 0.1) is 0 Å². The molecule has 7 heteroatoms. The van der Waals surface area contributed by atoms with Crippen LogP contribution >= 0.6 is 11.8 Å². The maximum absolute atomic E-state index is 12.3. The molecule has 0 spiro atoms. The van der Waals surface area contributed by atoms with E-state index in [2.05, 4.69) is 29.4 Å². The normalized spacial score (nSPS) is 23.2. The summed E-state index contributed by atoms with van der Waals surface area (Å²) < 4.78 is 0. The minimum atomic E-state index is -0.419. The van der Waals surface area contributed by atoms with Crippen molar-refractivity contribution in [2.75, 3.05) is 19.3 Å². The number of hydrogen-bond donors (Lipinski definition) is 1. The number of amides is 3. The van der Waals surface area contributed by atoms with Crippen LogP contribution in [0.3, 0.4) is 0 Å². The minimum Gasteiger partial charge on any atom is -0.336 e. The molecule has 0 aromatic heterocycles. The van der Waals surface area contributed by atoms with Gasteiger partial charge in [-0.15, -0.1) is 0 Å². The van der Waals surface area contributed by atoms with Gasteiger partial charge < -0.3 is 9.80 Å². The van der Waals surface area contributed by atoms with Crippen molar-refractivity contribution in [3.8, 4) is 0 Å². The van der Waals surface area contributed by atoms with Crippen molar-refractivity contribution < 1.29 is 9.59 Å². The zero-order chi connectivity index (χ0) is 17.1. The van der Waals surface area contributed by atoms with E-state index in [4.69, 9.17) is 0 Å². The molecular formula is C17H22N4O2S. The average molecular weight is 346 g/mol. The van der Waals surface area contributed by atoms with E-state index in [1.165, 1.54) is 10.5 Å². The second-order valence-corrected chi connectivity index (χ2v) is 7.01. The monoisotopic (exact) mass is 346 g/mol. The highest BCUT2D eigenvalue weighted by Crippen LogP contribution is 2.28. The van der Waals surface area contributed by atoms with Crippen molar-refractivity contribution in [3.63, 3.8) is 0 Å². The Bertz CT molecular complexity index is 649. The molecule has 24 heavy (non-hydrogen) atoms. The fourth-order valence-electron chi connectivity index (χ4n) is 3.00. The second kappa shape index (κ2) is 7.25.